The van der Waals surface area contributed by atoms with Gasteiger partial charge in [0.25, 0.3) is 11.6 Å². The van der Waals surface area contributed by atoms with Crippen molar-refractivity contribution in [2.24, 2.45) is 0 Å². The maximum absolute atomic E-state index is 13.4. The number of aryl methyl sites for hydroxylation is 1. The van der Waals surface area contributed by atoms with Crippen molar-refractivity contribution in [1.82, 2.24) is 5.32 Å². The topological polar surface area (TPSA) is 110 Å². The van der Waals surface area contributed by atoms with E-state index in [1.165, 1.54) is 6.92 Å². The highest BCUT2D eigenvalue weighted by atomic mass is 19.1. The number of aliphatic carboxylic acids is 1. The molecule has 1 aromatic rings. The number of amides is 1. The van der Waals surface area contributed by atoms with Crippen LogP contribution in [0.3, 0.4) is 0 Å². The minimum Gasteiger partial charge on any atom is -0.480 e. The van der Waals surface area contributed by atoms with Crippen LogP contribution in [0.5, 0.6) is 0 Å². The van der Waals surface area contributed by atoms with E-state index in [0.29, 0.717) is 6.42 Å². The van der Waals surface area contributed by atoms with E-state index >= 15 is 0 Å². The van der Waals surface area contributed by atoms with Crippen LogP contribution >= 0.6 is 0 Å². The zero-order valence-electron chi connectivity index (χ0n) is 11.6. The summed E-state index contributed by atoms with van der Waals surface area (Å²) < 4.78 is 13.4. The molecule has 0 fully saturated rings. The van der Waals surface area contributed by atoms with Crippen molar-refractivity contribution in [2.75, 3.05) is 0 Å². The number of halogens is 1. The Morgan fingerprint density at radius 1 is 1.48 bits per heavy atom. The van der Waals surface area contributed by atoms with Crippen molar-refractivity contribution < 1.29 is 24.0 Å². The average Bonchev–Trinajstić information content (AvgIpc) is 2.36. The van der Waals surface area contributed by atoms with E-state index in [4.69, 9.17) is 5.11 Å². The molecule has 0 aliphatic rings. The van der Waals surface area contributed by atoms with Crippen LogP contribution in [0.1, 0.15) is 35.7 Å². The van der Waals surface area contributed by atoms with Crippen molar-refractivity contribution >= 4 is 17.6 Å². The number of carbonyl (C=O) groups excluding carboxylic acids is 1. The number of hydrogen-bond donors (Lipinski definition) is 2. The number of carboxylic acids is 1. The monoisotopic (exact) mass is 298 g/mol. The molecule has 7 nitrogen and oxygen atoms in total. The van der Waals surface area contributed by atoms with E-state index in [1.807, 2.05) is 0 Å². The first-order valence-electron chi connectivity index (χ1n) is 6.26. The Balaban J connectivity index is 3.17. The molecule has 1 rings (SSSR count). The Hall–Kier alpha value is -2.51. The zero-order chi connectivity index (χ0) is 16.2. The first kappa shape index (κ1) is 16.5. The van der Waals surface area contributed by atoms with E-state index in [2.05, 4.69) is 5.32 Å². The highest BCUT2D eigenvalue weighted by Gasteiger charge is 2.27. The Bertz CT molecular complexity index is 588. The molecular formula is C13H15FN2O5. The highest BCUT2D eigenvalue weighted by Crippen LogP contribution is 2.24. The Kier molecular flexibility index (Phi) is 5.34. The van der Waals surface area contributed by atoms with Crippen LogP contribution in [0.25, 0.3) is 0 Å². The van der Waals surface area contributed by atoms with Crippen LogP contribution in [-0.4, -0.2) is 27.9 Å². The molecule has 0 saturated carbocycles. The van der Waals surface area contributed by atoms with Crippen molar-refractivity contribution in [3.8, 4) is 0 Å². The van der Waals surface area contributed by atoms with E-state index in [9.17, 15) is 24.1 Å². The molecule has 0 aliphatic heterocycles. The van der Waals surface area contributed by atoms with E-state index < -0.39 is 39.9 Å². The van der Waals surface area contributed by atoms with Crippen LogP contribution < -0.4 is 5.32 Å². The first-order valence-corrected chi connectivity index (χ1v) is 6.26. The Morgan fingerprint density at radius 2 is 2.10 bits per heavy atom. The molecule has 114 valence electrons. The summed E-state index contributed by atoms with van der Waals surface area (Å²) in [5.74, 6) is -3.03. The average molecular weight is 298 g/mol. The SMILES string of the molecule is CCCC(NC(=O)c1cc(F)cc(C)c1[N+](=O)[O-])C(=O)O. The van der Waals surface area contributed by atoms with E-state index in [-0.39, 0.29) is 12.0 Å². The fraction of sp³-hybridized carbons (Fsp3) is 0.385. The van der Waals surface area contributed by atoms with Crippen molar-refractivity contribution in [1.29, 1.82) is 0 Å². The summed E-state index contributed by atoms with van der Waals surface area (Å²) in [6.07, 6.45) is 0.671. The van der Waals surface area contributed by atoms with E-state index in [1.54, 1.807) is 6.92 Å². The van der Waals surface area contributed by atoms with Gasteiger partial charge >= 0.3 is 5.97 Å². The molecule has 0 aromatic heterocycles. The third-order valence-electron chi connectivity index (χ3n) is 2.87. The summed E-state index contributed by atoms with van der Waals surface area (Å²) in [4.78, 5) is 33.2. The number of nitrogens with zero attached hydrogens (tertiary/aromatic N) is 1. The highest BCUT2D eigenvalue weighted by molar-refractivity contribution is 6.00. The van der Waals surface area contributed by atoms with Gasteiger partial charge in [0.2, 0.25) is 0 Å². The van der Waals surface area contributed by atoms with Gasteiger partial charge in [-0.05, 0) is 25.5 Å². The van der Waals surface area contributed by atoms with Gasteiger partial charge in [0, 0.05) is 5.56 Å². The fourth-order valence-corrected chi connectivity index (χ4v) is 1.93. The molecule has 0 spiro atoms. The molecule has 1 aromatic carbocycles. The lowest BCUT2D eigenvalue weighted by atomic mass is 10.1. The van der Waals surface area contributed by atoms with Crippen molar-refractivity contribution in [3.63, 3.8) is 0 Å². The standard InChI is InChI=1S/C13H15FN2O5/c1-3-4-10(13(18)19)15-12(17)9-6-8(14)5-7(2)11(9)16(20)21/h5-6,10H,3-4H2,1-2H3,(H,15,17)(H,18,19). The molecule has 0 bridgehead atoms. The van der Waals surface area contributed by atoms with Crippen molar-refractivity contribution in [3.05, 3.63) is 39.2 Å². The molecule has 2 N–H and O–H groups in total. The summed E-state index contributed by atoms with van der Waals surface area (Å²) in [5, 5.41) is 22.1. The number of nitro benzene ring substituents is 1. The fourth-order valence-electron chi connectivity index (χ4n) is 1.93. The molecule has 0 radical (unpaired) electrons. The largest absolute Gasteiger partial charge is 0.480 e. The maximum atomic E-state index is 13.4. The molecule has 0 saturated heterocycles. The van der Waals surface area contributed by atoms with Crippen LogP contribution in [0.4, 0.5) is 10.1 Å². The molecule has 1 unspecified atom stereocenters. The predicted octanol–water partition coefficient (Wildman–Crippen LogP) is 2.03. The van der Waals surface area contributed by atoms with Crippen LogP contribution in [0, 0.1) is 22.9 Å². The summed E-state index contributed by atoms with van der Waals surface area (Å²) >= 11 is 0. The third-order valence-corrected chi connectivity index (χ3v) is 2.87. The van der Waals surface area contributed by atoms with Gasteiger partial charge in [-0.15, -0.1) is 0 Å². The lowest BCUT2D eigenvalue weighted by molar-refractivity contribution is -0.385. The Morgan fingerprint density at radius 3 is 2.57 bits per heavy atom. The quantitative estimate of drug-likeness (QED) is 0.616. The van der Waals surface area contributed by atoms with Gasteiger partial charge in [-0.1, -0.05) is 13.3 Å². The third kappa shape index (κ3) is 3.98. The first-order chi connectivity index (χ1) is 9.77. The normalized spacial score (nSPS) is 11.8. The Labute approximate surface area is 119 Å². The number of carbonyl (C=O) groups is 2. The molecular weight excluding hydrogens is 283 g/mol. The minimum absolute atomic E-state index is 0.00693. The van der Waals surface area contributed by atoms with Gasteiger partial charge in [0.1, 0.15) is 17.4 Å². The number of hydrogen-bond acceptors (Lipinski definition) is 4. The summed E-state index contributed by atoms with van der Waals surface area (Å²) in [6, 6.07) is 0.492. The predicted molar refractivity (Wildman–Crippen MR) is 71.6 cm³/mol. The second-order valence-electron chi connectivity index (χ2n) is 4.53. The summed E-state index contributed by atoms with van der Waals surface area (Å²) in [5.41, 5.74) is -1.03. The molecule has 0 heterocycles. The van der Waals surface area contributed by atoms with E-state index in [0.717, 1.165) is 12.1 Å². The molecule has 21 heavy (non-hydrogen) atoms. The number of benzene rings is 1. The van der Waals surface area contributed by atoms with Crippen LogP contribution in [-0.2, 0) is 4.79 Å². The summed E-state index contributed by atoms with van der Waals surface area (Å²) in [6.45, 7) is 3.04. The van der Waals surface area contributed by atoms with Gasteiger partial charge in [0.15, 0.2) is 0 Å². The number of nitro groups is 1. The van der Waals surface area contributed by atoms with Gasteiger partial charge in [0.05, 0.1) is 4.92 Å². The van der Waals surface area contributed by atoms with Gasteiger partial charge in [-0.2, -0.15) is 0 Å². The lowest BCUT2D eigenvalue weighted by Gasteiger charge is -2.14. The number of carboxylic acid groups (broad SMARTS) is 1. The number of rotatable bonds is 6. The van der Waals surface area contributed by atoms with Crippen molar-refractivity contribution in [2.45, 2.75) is 32.7 Å². The second-order valence-corrected chi connectivity index (χ2v) is 4.53. The smallest absolute Gasteiger partial charge is 0.326 e. The maximum Gasteiger partial charge on any atom is 0.326 e. The van der Waals surface area contributed by atoms with Gasteiger partial charge in [-0.25, -0.2) is 9.18 Å². The molecule has 0 aliphatic carbocycles. The second kappa shape index (κ2) is 6.78. The summed E-state index contributed by atoms with van der Waals surface area (Å²) in [7, 11) is 0. The van der Waals surface area contributed by atoms with Crippen LogP contribution in [0.15, 0.2) is 12.1 Å². The van der Waals surface area contributed by atoms with Crippen LogP contribution in [0.2, 0.25) is 0 Å². The van der Waals surface area contributed by atoms with Gasteiger partial charge in [-0.3, -0.25) is 14.9 Å². The lowest BCUT2D eigenvalue weighted by Crippen LogP contribution is -2.40. The number of nitrogens with one attached hydrogen (secondary N) is 1. The van der Waals surface area contributed by atoms with Gasteiger partial charge < -0.3 is 10.4 Å². The molecule has 8 heteroatoms. The zero-order valence-corrected chi connectivity index (χ0v) is 11.6. The minimum atomic E-state index is -1.25. The molecule has 1 amide bonds. The molecule has 1 atom stereocenters.